The van der Waals surface area contributed by atoms with Gasteiger partial charge in [-0.15, -0.1) is 5.10 Å². The van der Waals surface area contributed by atoms with Crippen LogP contribution in [-0.4, -0.2) is 37.7 Å². The van der Waals surface area contributed by atoms with Crippen LogP contribution in [-0.2, 0) is 24.7 Å². The maximum absolute atomic E-state index is 12.6. The Bertz CT molecular complexity index is 1010. The lowest BCUT2D eigenvalue weighted by Gasteiger charge is -2.03. The minimum atomic E-state index is -0.939. The van der Waals surface area contributed by atoms with E-state index in [0.717, 1.165) is 11.1 Å². The highest BCUT2D eigenvalue weighted by Gasteiger charge is 2.27. The molecule has 2 aromatic heterocycles. The van der Waals surface area contributed by atoms with E-state index in [2.05, 4.69) is 15.1 Å². The fourth-order valence-electron chi connectivity index (χ4n) is 2.90. The fourth-order valence-corrected chi connectivity index (χ4v) is 3.10. The standard InChI is InChI=1S/C17H14BClN4O3/c1-23-17(15-13(19)3-2-6-20-15)21-16(22-23)14(24)8-10-4-5-11-9-26-18(25)12(11)7-10/h2-7,25H,8-9H2,1H3. The molecule has 0 amide bonds. The largest absolute Gasteiger partial charge is 0.491 e. The van der Waals surface area contributed by atoms with E-state index in [9.17, 15) is 9.82 Å². The van der Waals surface area contributed by atoms with Crippen LogP contribution in [0.15, 0.2) is 36.5 Å². The molecule has 7 nitrogen and oxygen atoms in total. The van der Waals surface area contributed by atoms with E-state index >= 15 is 0 Å². The Hall–Kier alpha value is -2.55. The van der Waals surface area contributed by atoms with Gasteiger partial charge in [0.25, 0.3) is 0 Å². The first kappa shape index (κ1) is 16.9. The predicted octanol–water partition coefficient (Wildman–Crippen LogP) is 1.17. The number of pyridine rings is 1. The second-order valence-electron chi connectivity index (χ2n) is 6.01. The van der Waals surface area contributed by atoms with Crippen molar-refractivity contribution >= 4 is 30.0 Å². The molecule has 26 heavy (non-hydrogen) atoms. The molecule has 0 radical (unpaired) electrons. The Balaban J connectivity index is 1.59. The summed E-state index contributed by atoms with van der Waals surface area (Å²) >= 11 is 6.15. The Morgan fingerprint density at radius 3 is 3.08 bits per heavy atom. The number of aryl methyl sites for hydroxylation is 1. The highest BCUT2D eigenvalue weighted by molar-refractivity contribution is 6.61. The summed E-state index contributed by atoms with van der Waals surface area (Å²) in [6, 6.07) is 8.92. The first-order chi connectivity index (χ1) is 12.5. The lowest BCUT2D eigenvalue weighted by molar-refractivity contribution is 0.0983. The molecule has 9 heteroatoms. The highest BCUT2D eigenvalue weighted by atomic mass is 35.5. The first-order valence-corrected chi connectivity index (χ1v) is 8.37. The van der Waals surface area contributed by atoms with E-state index in [1.807, 2.05) is 12.1 Å². The number of rotatable bonds is 4. The van der Waals surface area contributed by atoms with Crippen molar-refractivity contribution in [1.82, 2.24) is 19.7 Å². The quantitative estimate of drug-likeness (QED) is 0.549. The minimum Gasteiger partial charge on any atom is -0.423 e. The third-order valence-corrected chi connectivity index (χ3v) is 4.53. The molecule has 1 N–H and O–H groups in total. The number of hydrogen-bond donors (Lipinski definition) is 1. The Morgan fingerprint density at radius 1 is 1.42 bits per heavy atom. The van der Waals surface area contributed by atoms with Crippen molar-refractivity contribution in [2.24, 2.45) is 7.05 Å². The summed E-state index contributed by atoms with van der Waals surface area (Å²) in [7, 11) is 0.749. The second kappa shape index (κ2) is 6.64. The molecular weight excluding hydrogens is 354 g/mol. The lowest BCUT2D eigenvalue weighted by atomic mass is 9.78. The highest BCUT2D eigenvalue weighted by Crippen LogP contribution is 2.23. The molecule has 0 atom stereocenters. The van der Waals surface area contributed by atoms with Gasteiger partial charge in [-0.05, 0) is 28.7 Å². The summed E-state index contributed by atoms with van der Waals surface area (Å²) in [6.07, 6.45) is 1.73. The van der Waals surface area contributed by atoms with Crippen molar-refractivity contribution in [2.75, 3.05) is 0 Å². The number of hydrogen-bond acceptors (Lipinski definition) is 6. The monoisotopic (exact) mass is 368 g/mol. The van der Waals surface area contributed by atoms with Crippen LogP contribution < -0.4 is 5.46 Å². The molecule has 3 heterocycles. The molecule has 130 valence electrons. The first-order valence-electron chi connectivity index (χ1n) is 7.99. The van der Waals surface area contributed by atoms with Gasteiger partial charge in [0.15, 0.2) is 5.82 Å². The average Bonchev–Trinajstić information content (AvgIpc) is 3.19. The van der Waals surface area contributed by atoms with E-state index in [4.69, 9.17) is 16.3 Å². The van der Waals surface area contributed by atoms with Gasteiger partial charge in [-0.1, -0.05) is 29.8 Å². The molecule has 1 aromatic carbocycles. The third kappa shape index (κ3) is 3.03. The summed E-state index contributed by atoms with van der Waals surface area (Å²) in [5.74, 6) is 0.297. The van der Waals surface area contributed by atoms with Gasteiger partial charge < -0.3 is 9.68 Å². The Labute approximate surface area is 154 Å². The normalized spacial score (nSPS) is 13.1. The summed E-state index contributed by atoms with van der Waals surface area (Å²) in [4.78, 5) is 21.1. The molecule has 0 aliphatic carbocycles. The number of carbonyl (C=O) groups excluding carboxylic acids is 1. The van der Waals surface area contributed by atoms with Gasteiger partial charge in [0.1, 0.15) is 5.69 Å². The molecule has 1 aliphatic heterocycles. The smallest absolute Gasteiger partial charge is 0.423 e. The Kier molecular flexibility index (Phi) is 4.32. The molecule has 0 saturated heterocycles. The van der Waals surface area contributed by atoms with Gasteiger partial charge in [0.05, 0.1) is 11.6 Å². The molecule has 4 rings (SSSR count). The van der Waals surface area contributed by atoms with Crippen molar-refractivity contribution in [3.63, 3.8) is 0 Å². The second-order valence-corrected chi connectivity index (χ2v) is 6.42. The van der Waals surface area contributed by atoms with Crippen LogP contribution in [0.5, 0.6) is 0 Å². The number of benzene rings is 1. The van der Waals surface area contributed by atoms with E-state index in [0.29, 0.717) is 28.6 Å². The van der Waals surface area contributed by atoms with Crippen LogP contribution >= 0.6 is 11.6 Å². The maximum atomic E-state index is 12.6. The van der Waals surface area contributed by atoms with Crippen molar-refractivity contribution < 1.29 is 14.5 Å². The molecule has 0 spiro atoms. The van der Waals surface area contributed by atoms with Gasteiger partial charge in [-0.25, -0.2) is 9.67 Å². The molecule has 0 fully saturated rings. The predicted molar refractivity (Wildman–Crippen MR) is 96.1 cm³/mol. The number of halogens is 1. The zero-order valence-electron chi connectivity index (χ0n) is 13.9. The zero-order chi connectivity index (χ0) is 18.3. The van der Waals surface area contributed by atoms with E-state index in [-0.39, 0.29) is 18.0 Å². The lowest BCUT2D eigenvalue weighted by Crippen LogP contribution is -2.28. The zero-order valence-corrected chi connectivity index (χ0v) is 14.6. The number of nitrogens with zero attached hydrogens (tertiary/aromatic N) is 4. The van der Waals surface area contributed by atoms with Crippen molar-refractivity contribution in [3.05, 3.63) is 58.5 Å². The topological polar surface area (TPSA) is 90.1 Å². The Morgan fingerprint density at radius 2 is 2.27 bits per heavy atom. The SMILES string of the molecule is Cn1nc(C(=O)Cc2ccc3c(c2)B(O)OC3)nc1-c1ncccc1Cl. The van der Waals surface area contributed by atoms with E-state index < -0.39 is 7.12 Å². The molecule has 3 aromatic rings. The van der Waals surface area contributed by atoms with Gasteiger partial charge >= 0.3 is 7.12 Å². The number of Topliss-reactive ketones (excluding diaryl/α,β-unsaturated/α-hetero) is 1. The molecule has 1 aliphatic rings. The molecule has 0 bridgehead atoms. The van der Waals surface area contributed by atoms with Crippen LogP contribution in [0.1, 0.15) is 21.7 Å². The summed E-state index contributed by atoms with van der Waals surface area (Å²) in [6.45, 7) is 0.376. The van der Waals surface area contributed by atoms with Crippen LogP contribution in [0.4, 0.5) is 0 Å². The van der Waals surface area contributed by atoms with Crippen LogP contribution in [0.3, 0.4) is 0 Å². The van der Waals surface area contributed by atoms with Crippen LogP contribution in [0.2, 0.25) is 5.02 Å². The molecule has 0 saturated carbocycles. The summed E-state index contributed by atoms with van der Waals surface area (Å²) < 4.78 is 6.66. The van der Waals surface area contributed by atoms with E-state index in [1.54, 1.807) is 31.4 Å². The van der Waals surface area contributed by atoms with Gasteiger partial charge in [-0.2, -0.15) is 0 Å². The molecule has 0 unspecified atom stereocenters. The third-order valence-electron chi connectivity index (χ3n) is 4.22. The van der Waals surface area contributed by atoms with Crippen molar-refractivity contribution in [1.29, 1.82) is 0 Å². The number of ketones is 1. The van der Waals surface area contributed by atoms with Crippen LogP contribution in [0, 0.1) is 0 Å². The van der Waals surface area contributed by atoms with E-state index in [1.165, 1.54) is 4.68 Å². The summed E-state index contributed by atoms with van der Waals surface area (Å²) in [5.41, 5.74) is 2.87. The fraction of sp³-hybridized carbons (Fsp3) is 0.176. The number of fused-ring (bicyclic) bond motifs is 1. The average molecular weight is 369 g/mol. The van der Waals surface area contributed by atoms with Gasteiger partial charge in [0.2, 0.25) is 11.6 Å². The maximum Gasteiger partial charge on any atom is 0.491 e. The number of aromatic nitrogens is 4. The number of carbonyl (C=O) groups is 1. The van der Waals surface area contributed by atoms with Gasteiger partial charge in [-0.3, -0.25) is 9.78 Å². The summed E-state index contributed by atoms with van der Waals surface area (Å²) in [5, 5.41) is 14.4. The molecular formula is C17H14BClN4O3. The van der Waals surface area contributed by atoms with Crippen LogP contribution in [0.25, 0.3) is 11.5 Å². The minimum absolute atomic E-state index is 0.0986. The van der Waals surface area contributed by atoms with Crippen molar-refractivity contribution in [3.8, 4) is 11.5 Å². The van der Waals surface area contributed by atoms with Gasteiger partial charge in [0, 0.05) is 19.7 Å². The van der Waals surface area contributed by atoms with Crippen molar-refractivity contribution in [2.45, 2.75) is 13.0 Å².